The zero-order valence-corrected chi connectivity index (χ0v) is 47.4. The molecule has 10 rings (SSSR count). The number of aromatic nitrogens is 2. The summed E-state index contributed by atoms with van der Waals surface area (Å²) in [6, 6.07) is 57.6. The molecule has 7 aromatic carbocycles. The van der Waals surface area contributed by atoms with Crippen LogP contribution >= 0.6 is 0 Å². The smallest absolute Gasteiger partial charge is 0.135 e. The molecule has 5 nitrogen and oxygen atoms in total. The molecule has 0 aliphatic heterocycles. The maximum absolute atomic E-state index is 6.83. The quantitative estimate of drug-likeness (QED) is 0.146. The Labute approximate surface area is 449 Å². The van der Waals surface area contributed by atoms with Crippen LogP contribution in [0.15, 0.2) is 146 Å². The Balaban J connectivity index is 0.00000656. The van der Waals surface area contributed by atoms with Crippen molar-refractivity contribution in [1.29, 1.82) is 0 Å². The van der Waals surface area contributed by atoms with Gasteiger partial charge in [-0.15, -0.1) is 35.9 Å². The van der Waals surface area contributed by atoms with E-state index in [-0.39, 0.29) is 48.1 Å². The summed E-state index contributed by atoms with van der Waals surface area (Å²) in [5, 5.41) is 6.22. The van der Waals surface area contributed by atoms with Crippen LogP contribution in [-0.4, -0.2) is 9.55 Å². The monoisotopic (exact) mass is 1140 g/mol. The molecule has 2 aromatic heterocycles. The fourth-order valence-corrected chi connectivity index (χ4v) is 10.4. The third kappa shape index (κ3) is 9.55. The number of nitrogens with one attached hydrogen (secondary N) is 1. The Bertz CT molecular complexity index is 3520. The maximum atomic E-state index is 6.83. The molecule has 0 bridgehead atoms. The summed E-state index contributed by atoms with van der Waals surface area (Å²) >= 11 is 0. The predicted octanol–water partition coefficient (Wildman–Crippen LogP) is 18.4. The van der Waals surface area contributed by atoms with Crippen molar-refractivity contribution in [2.24, 2.45) is 0 Å². The molecular weight excluding hydrogens is 1070 g/mol. The minimum absolute atomic E-state index is 0. The van der Waals surface area contributed by atoms with E-state index in [1.807, 2.05) is 24.4 Å². The van der Waals surface area contributed by atoms with Crippen molar-refractivity contribution in [2.45, 2.75) is 124 Å². The molecule has 1 N–H and O–H groups in total. The first-order chi connectivity index (χ1) is 33.9. The fourth-order valence-electron chi connectivity index (χ4n) is 10.4. The van der Waals surface area contributed by atoms with Crippen LogP contribution in [0.1, 0.15) is 130 Å². The van der Waals surface area contributed by atoms with E-state index in [9.17, 15) is 0 Å². The van der Waals surface area contributed by atoms with Crippen LogP contribution < -0.4 is 15.0 Å². The molecule has 1 aliphatic carbocycles. The molecule has 0 spiro atoms. The van der Waals surface area contributed by atoms with E-state index in [2.05, 4.69) is 245 Å². The van der Waals surface area contributed by atoms with E-state index in [1.165, 1.54) is 49.7 Å². The molecule has 0 radical (unpaired) electrons. The summed E-state index contributed by atoms with van der Waals surface area (Å²) in [6.07, 6.45) is 1.92. The average Bonchev–Trinajstić information content (AvgIpc) is 3.78. The molecule has 9 aromatic rings. The van der Waals surface area contributed by atoms with Crippen molar-refractivity contribution < 1.29 is 25.8 Å². The van der Waals surface area contributed by atoms with Gasteiger partial charge in [0.05, 0.1) is 5.69 Å². The van der Waals surface area contributed by atoms with Crippen LogP contribution in [0.25, 0.3) is 49.9 Å². The van der Waals surface area contributed by atoms with Crippen molar-refractivity contribution in [3.63, 3.8) is 0 Å². The van der Waals surface area contributed by atoms with E-state index in [0.29, 0.717) is 11.5 Å². The van der Waals surface area contributed by atoms with E-state index in [4.69, 9.17) is 16.8 Å². The molecule has 0 saturated heterocycles. The number of ether oxygens (including phenoxy) is 1. The van der Waals surface area contributed by atoms with E-state index < -0.39 is 0 Å². The third-order valence-electron chi connectivity index (χ3n) is 14.7. The standard InChI is InChI=1S/C67H69N4O.Pt/c1-63(2,3)44-31-32-68-59(38-44)71-57-30-22-27-53-60(57)61-54(67(53,13)14)40-50(41-58(61)71)72-49-26-21-25-48(39-49)69-55-28-19-20-29-56(55)70(15)62-51(42-23-17-16-18-24-42)36-47(66(10,11)12)37-52(62)43-33-45(64(4,5)6)35-46(34-43)65(7,8)9;/h16-38,40,69H,15H2,1-14H3;/q-3;. The van der Waals surface area contributed by atoms with Gasteiger partial charge in [-0.05, 0) is 114 Å². The van der Waals surface area contributed by atoms with Gasteiger partial charge in [-0.3, -0.25) is 7.05 Å². The van der Waals surface area contributed by atoms with Crippen molar-refractivity contribution in [3.8, 4) is 39.6 Å². The van der Waals surface area contributed by atoms with Gasteiger partial charge in [-0.25, -0.2) is 4.98 Å². The first kappa shape index (κ1) is 51.5. The Morgan fingerprint density at radius 1 is 0.562 bits per heavy atom. The van der Waals surface area contributed by atoms with Gasteiger partial charge < -0.3 is 19.5 Å². The minimum atomic E-state index is -0.232. The molecule has 376 valence electrons. The van der Waals surface area contributed by atoms with Crippen LogP contribution in [-0.2, 0) is 48.1 Å². The van der Waals surface area contributed by atoms with Crippen LogP contribution in [0, 0.1) is 19.2 Å². The van der Waals surface area contributed by atoms with Gasteiger partial charge in [0.25, 0.3) is 0 Å². The SMILES string of the molecule is [CH2-]N(c1ccccc1Nc1[c-]c(Oc2[c-]c3c4c(c2)C(C)(C)c2cccc(c24)n3-c2cc(C(C)(C)C)ccn2)ccc1)c1c(-c2ccccc2)cc(C(C)(C)C)cc1-c1cc(C(C)(C)C)cc(C(C)(C)C)c1.[Pt]. The number of hydrogen-bond acceptors (Lipinski definition) is 4. The summed E-state index contributed by atoms with van der Waals surface area (Å²) < 4.78 is 9.08. The number of anilines is 4. The van der Waals surface area contributed by atoms with Gasteiger partial charge in [0.1, 0.15) is 5.82 Å². The number of pyridine rings is 1. The normalized spacial score (nSPS) is 13.4. The molecule has 6 heteroatoms. The summed E-state index contributed by atoms with van der Waals surface area (Å²) in [4.78, 5) is 7.07. The minimum Gasteiger partial charge on any atom is -0.509 e. The topological polar surface area (TPSA) is 42.3 Å². The van der Waals surface area contributed by atoms with Crippen molar-refractivity contribution in [1.82, 2.24) is 9.55 Å². The summed E-state index contributed by atoms with van der Waals surface area (Å²) in [5.74, 6) is 2.08. The van der Waals surface area contributed by atoms with E-state index >= 15 is 0 Å². The molecule has 0 saturated carbocycles. The molecular formula is C67H69N4OPt-3. The predicted molar refractivity (Wildman–Crippen MR) is 304 cm³/mol. The second kappa shape index (κ2) is 18.5. The second-order valence-corrected chi connectivity index (χ2v) is 24.5. The molecule has 0 atom stereocenters. The maximum Gasteiger partial charge on any atom is 0.135 e. The Morgan fingerprint density at radius 2 is 1.16 bits per heavy atom. The zero-order valence-electron chi connectivity index (χ0n) is 45.1. The van der Waals surface area contributed by atoms with Crippen LogP contribution in [0.2, 0.25) is 0 Å². The third-order valence-corrected chi connectivity index (χ3v) is 14.7. The number of hydrogen-bond donors (Lipinski definition) is 1. The van der Waals surface area contributed by atoms with Gasteiger partial charge in [0.15, 0.2) is 0 Å². The van der Waals surface area contributed by atoms with Gasteiger partial charge >= 0.3 is 0 Å². The molecule has 0 amide bonds. The Kier molecular flexibility index (Phi) is 13.0. The first-order valence-electron chi connectivity index (χ1n) is 25.5. The Hall–Kier alpha value is -6.42. The van der Waals surface area contributed by atoms with Crippen LogP contribution in [0.4, 0.5) is 22.7 Å². The van der Waals surface area contributed by atoms with Gasteiger partial charge in [0, 0.05) is 66.8 Å². The zero-order chi connectivity index (χ0) is 51.3. The van der Waals surface area contributed by atoms with Crippen molar-refractivity contribution in [3.05, 3.63) is 198 Å². The van der Waals surface area contributed by atoms with Gasteiger partial charge in [-0.1, -0.05) is 186 Å². The molecule has 0 fully saturated rings. The fraction of sp³-hybridized carbons (Fsp3) is 0.284. The van der Waals surface area contributed by atoms with Crippen molar-refractivity contribution in [2.75, 3.05) is 10.2 Å². The number of nitrogens with zero attached hydrogens (tertiary/aromatic N) is 3. The van der Waals surface area contributed by atoms with Crippen LogP contribution in [0.3, 0.4) is 0 Å². The van der Waals surface area contributed by atoms with E-state index in [0.717, 1.165) is 56.3 Å². The number of para-hydroxylation sites is 2. The molecule has 1 aliphatic rings. The molecule has 73 heavy (non-hydrogen) atoms. The average molecular weight is 1140 g/mol. The first-order valence-corrected chi connectivity index (χ1v) is 25.5. The van der Waals surface area contributed by atoms with Crippen LogP contribution in [0.5, 0.6) is 11.5 Å². The molecule has 0 unspecified atom stereocenters. The summed E-state index contributed by atoms with van der Waals surface area (Å²) in [5.41, 5.74) is 17.3. The molecule has 2 heterocycles. The van der Waals surface area contributed by atoms with Gasteiger partial charge in [-0.2, -0.15) is 6.07 Å². The van der Waals surface area contributed by atoms with Gasteiger partial charge in [0.2, 0.25) is 0 Å². The largest absolute Gasteiger partial charge is 0.509 e. The number of benzene rings is 7. The van der Waals surface area contributed by atoms with E-state index in [1.54, 1.807) is 0 Å². The number of rotatable bonds is 9. The summed E-state index contributed by atoms with van der Waals surface area (Å²) in [7, 11) is 4.92. The second-order valence-electron chi connectivity index (χ2n) is 24.5. The Morgan fingerprint density at radius 3 is 1.82 bits per heavy atom. The van der Waals surface area contributed by atoms with Crippen molar-refractivity contribution >= 4 is 44.6 Å². The summed E-state index contributed by atoms with van der Waals surface area (Å²) in [6.45, 7) is 32.1.